The zero-order valence-corrected chi connectivity index (χ0v) is 18.3. The van der Waals surface area contributed by atoms with Crippen LogP contribution in [-0.2, 0) is 6.54 Å². The van der Waals surface area contributed by atoms with Gasteiger partial charge in [-0.1, -0.05) is 52.1 Å². The van der Waals surface area contributed by atoms with Crippen LogP contribution in [0.15, 0.2) is 65.4 Å². The number of nitrogens with zero attached hydrogens (tertiary/aromatic N) is 5. The number of carbonyl (C=O) groups is 1. The first kappa shape index (κ1) is 20.4. The Balaban J connectivity index is 1.60. The third-order valence-corrected chi connectivity index (χ3v) is 5.74. The lowest BCUT2D eigenvalue weighted by Gasteiger charge is -2.08. The maximum Gasteiger partial charge on any atom is 0.299 e. The molecule has 32 heavy (non-hydrogen) atoms. The Labute approximate surface area is 192 Å². The average molecular weight is 464 g/mol. The Kier molecular flexibility index (Phi) is 5.20. The van der Waals surface area contributed by atoms with E-state index in [0.717, 1.165) is 22.0 Å². The molecule has 0 saturated heterocycles. The Morgan fingerprint density at radius 2 is 1.88 bits per heavy atom. The molecule has 0 amide bonds. The highest BCUT2D eigenvalue weighted by Gasteiger charge is 2.27. The van der Waals surface area contributed by atoms with Crippen molar-refractivity contribution in [1.29, 1.82) is 0 Å². The van der Waals surface area contributed by atoms with Crippen molar-refractivity contribution in [2.24, 2.45) is 0 Å². The molecule has 7 nitrogen and oxygen atoms in total. The molecule has 0 aliphatic heterocycles. The lowest BCUT2D eigenvalue weighted by atomic mass is 10.1. The smallest absolute Gasteiger partial charge is 0.299 e. The van der Waals surface area contributed by atoms with Gasteiger partial charge in [0, 0.05) is 22.5 Å². The minimum atomic E-state index is -0.443. The highest BCUT2D eigenvalue weighted by molar-refractivity contribution is 6.36. The van der Waals surface area contributed by atoms with Gasteiger partial charge in [0.05, 0.1) is 23.5 Å². The van der Waals surface area contributed by atoms with Gasteiger partial charge >= 0.3 is 0 Å². The van der Waals surface area contributed by atoms with Crippen LogP contribution in [0.5, 0.6) is 0 Å². The molecule has 0 unspecified atom stereocenters. The van der Waals surface area contributed by atoms with Crippen molar-refractivity contribution in [3.8, 4) is 11.4 Å². The molecule has 5 rings (SSSR count). The van der Waals surface area contributed by atoms with Crippen molar-refractivity contribution in [2.45, 2.75) is 13.5 Å². The van der Waals surface area contributed by atoms with Crippen LogP contribution in [-0.4, -0.2) is 30.7 Å². The summed E-state index contributed by atoms with van der Waals surface area (Å²) in [6, 6.07) is 15.0. The molecule has 0 fully saturated rings. The van der Waals surface area contributed by atoms with E-state index in [1.807, 2.05) is 54.0 Å². The first-order chi connectivity index (χ1) is 15.5. The highest BCUT2D eigenvalue weighted by atomic mass is 35.5. The van der Waals surface area contributed by atoms with Gasteiger partial charge in [0.2, 0.25) is 5.82 Å². The lowest BCUT2D eigenvalue weighted by molar-refractivity contribution is 0.0995. The van der Waals surface area contributed by atoms with Gasteiger partial charge in [0.15, 0.2) is 0 Å². The summed E-state index contributed by atoms with van der Waals surface area (Å²) in [5.41, 5.74) is 3.74. The average Bonchev–Trinajstić information content (AvgIpc) is 3.39. The van der Waals surface area contributed by atoms with E-state index in [9.17, 15) is 4.79 Å². The van der Waals surface area contributed by atoms with E-state index in [1.165, 1.54) is 12.4 Å². The van der Waals surface area contributed by atoms with Crippen molar-refractivity contribution in [3.63, 3.8) is 0 Å². The molecule has 0 aliphatic carbocycles. The van der Waals surface area contributed by atoms with Crippen LogP contribution in [0.4, 0.5) is 0 Å². The first-order valence-electron chi connectivity index (χ1n) is 9.69. The van der Waals surface area contributed by atoms with Gasteiger partial charge in [0.1, 0.15) is 5.15 Å². The minimum absolute atomic E-state index is 0.147. The predicted molar refractivity (Wildman–Crippen MR) is 121 cm³/mol. The molecule has 2 aromatic carbocycles. The molecule has 0 N–H and O–H groups in total. The topological polar surface area (TPSA) is 86.7 Å². The largest absolute Gasteiger partial charge is 0.330 e. The molecule has 0 aliphatic rings. The molecular formula is C23H15Cl2N5O2. The number of hydrogen-bond donors (Lipinski definition) is 0. The standard InChI is InChI=1S/C23H15Cl2N5O2/c1-13-2-7-18-17(10-13)19(21(25)30(18)12-14-3-5-16(24)6-4-14)20(31)23-28-22(29-32-23)15-8-9-26-27-11-15/h2-11H,12H2,1H3. The van der Waals surface area contributed by atoms with Crippen molar-refractivity contribution in [3.05, 3.63) is 93.7 Å². The van der Waals surface area contributed by atoms with Gasteiger partial charge in [-0.15, -0.1) is 0 Å². The molecule has 9 heteroatoms. The molecule has 0 saturated carbocycles. The summed E-state index contributed by atoms with van der Waals surface area (Å²) < 4.78 is 7.15. The maximum absolute atomic E-state index is 13.4. The van der Waals surface area contributed by atoms with E-state index in [-0.39, 0.29) is 11.7 Å². The summed E-state index contributed by atoms with van der Waals surface area (Å²) in [7, 11) is 0. The van der Waals surface area contributed by atoms with E-state index in [1.54, 1.807) is 6.07 Å². The van der Waals surface area contributed by atoms with Gasteiger partial charge in [-0.2, -0.15) is 15.2 Å². The van der Waals surface area contributed by atoms with Crippen molar-refractivity contribution < 1.29 is 9.32 Å². The number of aryl methyl sites for hydroxylation is 1. The fourth-order valence-corrected chi connectivity index (χ4v) is 4.01. The van der Waals surface area contributed by atoms with Crippen molar-refractivity contribution in [2.75, 3.05) is 0 Å². The van der Waals surface area contributed by atoms with Crippen LogP contribution >= 0.6 is 23.2 Å². The summed E-state index contributed by atoms with van der Waals surface area (Å²) >= 11 is 12.8. The fourth-order valence-electron chi connectivity index (χ4n) is 3.54. The molecular weight excluding hydrogens is 449 g/mol. The van der Waals surface area contributed by atoms with Crippen molar-refractivity contribution in [1.82, 2.24) is 24.9 Å². The third kappa shape index (κ3) is 3.66. The van der Waals surface area contributed by atoms with E-state index >= 15 is 0 Å². The summed E-state index contributed by atoms with van der Waals surface area (Å²) in [4.78, 5) is 17.7. The minimum Gasteiger partial charge on any atom is -0.330 e. The maximum atomic E-state index is 13.4. The third-order valence-electron chi connectivity index (χ3n) is 5.10. The quantitative estimate of drug-likeness (QED) is 0.325. The second kappa shape index (κ2) is 8.18. The summed E-state index contributed by atoms with van der Waals surface area (Å²) in [6.45, 7) is 2.43. The first-order valence-corrected chi connectivity index (χ1v) is 10.4. The molecule has 0 spiro atoms. The number of rotatable bonds is 5. The molecule has 5 aromatic rings. The zero-order chi connectivity index (χ0) is 22.2. The molecule has 3 heterocycles. The zero-order valence-electron chi connectivity index (χ0n) is 16.8. The number of benzene rings is 2. The van der Waals surface area contributed by atoms with Gasteiger partial charge in [0.25, 0.3) is 11.7 Å². The molecule has 158 valence electrons. The highest BCUT2D eigenvalue weighted by Crippen LogP contribution is 2.33. The number of aromatic nitrogens is 5. The van der Waals surface area contributed by atoms with Crippen LogP contribution in [0.25, 0.3) is 22.3 Å². The second-order valence-electron chi connectivity index (χ2n) is 7.28. The van der Waals surface area contributed by atoms with Crippen LogP contribution < -0.4 is 0 Å². The number of halogens is 2. The number of fused-ring (bicyclic) bond motifs is 1. The number of ketones is 1. The number of carbonyl (C=O) groups excluding carboxylic acids is 1. The van der Waals surface area contributed by atoms with Crippen LogP contribution in [0.3, 0.4) is 0 Å². The van der Waals surface area contributed by atoms with E-state index in [2.05, 4.69) is 20.3 Å². The summed E-state index contributed by atoms with van der Waals surface area (Å²) in [5, 5.41) is 13.1. The van der Waals surface area contributed by atoms with E-state index in [4.69, 9.17) is 27.7 Å². The van der Waals surface area contributed by atoms with Gasteiger partial charge < -0.3 is 9.09 Å². The van der Waals surface area contributed by atoms with E-state index < -0.39 is 5.78 Å². The Morgan fingerprint density at radius 1 is 1.06 bits per heavy atom. The predicted octanol–water partition coefficient (Wildman–Crippen LogP) is 5.38. The molecule has 0 atom stereocenters. The Hall–Kier alpha value is -3.55. The second-order valence-corrected chi connectivity index (χ2v) is 8.08. The van der Waals surface area contributed by atoms with Gasteiger partial charge in [-0.05, 0) is 42.8 Å². The summed E-state index contributed by atoms with van der Waals surface area (Å²) in [6.07, 6.45) is 3.00. The molecule has 0 radical (unpaired) electrons. The Morgan fingerprint density at radius 3 is 2.62 bits per heavy atom. The van der Waals surface area contributed by atoms with Gasteiger partial charge in [-0.25, -0.2) is 0 Å². The van der Waals surface area contributed by atoms with Crippen LogP contribution in [0.2, 0.25) is 10.2 Å². The molecule has 3 aromatic heterocycles. The monoisotopic (exact) mass is 463 g/mol. The fraction of sp³-hybridized carbons (Fsp3) is 0.0870. The SMILES string of the molecule is Cc1ccc2c(c1)c(C(=O)c1nc(-c3ccnnc3)no1)c(Cl)n2Cc1ccc(Cl)cc1. The van der Waals surface area contributed by atoms with Gasteiger partial charge in [-0.3, -0.25) is 4.79 Å². The normalized spacial score (nSPS) is 11.2. The van der Waals surface area contributed by atoms with Crippen LogP contribution in [0.1, 0.15) is 27.4 Å². The number of hydrogen-bond acceptors (Lipinski definition) is 6. The van der Waals surface area contributed by atoms with Crippen molar-refractivity contribution >= 4 is 39.9 Å². The Bertz CT molecular complexity index is 1440. The summed E-state index contributed by atoms with van der Waals surface area (Å²) in [5.74, 6) is -0.340. The lowest BCUT2D eigenvalue weighted by Crippen LogP contribution is -2.04. The van der Waals surface area contributed by atoms with E-state index in [0.29, 0.717) is 27.8 Å². The molecule has 0 bridgehead atoms. The van der Waals surface area contributed by atoms with Crippen LogP contribution in [0, 0.1) is 6.92 Å².